The third-order valence-corrected chi connectivity index (χ3v) is 3.24. The first-order valence-corrected chi connectivity index (χ1v) is 7.56. The maximum Gasteiger partial charge on any atom is 0.319 e. The van der Waals surface area contributed by atoms with E-state index in [0.29, 0.717) is 18.9 Å². The number of carbonyl (C=O) groups excluding carboxylic acids is 1. The third kappa shape index (κ3) is 6.10. The van der Waals surface area contributed by atoms with Crippen molar-refractivity contribution in [2.45, 2.75) is 26.2 Å². The summed E-state index contributed by atoms with van der Waals surface area (Å²) in [4.78, 5) is 11.6. The monoisotopic (exact) mass is 314 g/mol. The summed E-state index contributed by atoms with van der Waals surface area (Å²) in [5.74, 6) is 0. The van der Waals surface area contributed by atoms with Crippen molar-refractivity contribution in [1.82, 2.24) is 5.32 Å². The number of amides is 2. The van der Waals surface area contributed by atoms with Gasteiger partial charge in [0, 0.05) is 5.69 Å². The van der Waals surface area contributed by atoms with Crippen molar-refractivity contribution in [3.63, 3.8) is 0 Å². The largest absolute Gasteiger partial charge is 0.394 e. The number of nitrogens with one attached hydrogen (secondary N) is 2. The fourth-order valence-electron chi connectivity index (χ4n) is 1.98. The molecule has 2 rings (SSSR count). The molecule has 0 saturated heterocycles. The van der Waals surface area contributed by atoms with Crippen LogP contribution >= 0.6 is 0 Å². The molecule has 1 unspecified atom stereocenters. The number of aliphatic hydroxyl groups excluding tert-OH is 1. The van der Waals surface area contributed by atoms with Gasteiger partial charge in [-0.15, -0.1) is 0 Å². The van der Waals surface area contributed by atoms with Crippen LogP contribution in [0.25, 0.3) is 0 Å². The zero-order chi connectivity index (χ0) is 16.5. The normalized spacial score (nSPS) is 11.7. The van der Waals surface area contributed by atoms with Gasteiger partial charge in [-0.1, -0.05) is 42.5 Å². The molecule has 1 atom stereocenters. The summed E-state index contributed by atoms with van der Waals surface area (Å²) in [5.41, 5.74) is 2.87. The molecular formula is C18H22N2O3. The van der Waals surface area contributed by atoms with Gasteiger partial charge in [-0.2, -0.15) is 0 Å². The summed E-state index contributed by atoms with van der Waals surface area (Å²) in [6.45, 7) is 2.73. The first-order valence-electron chi connectivity index (χ1n) is 7.56. The van der Waals surface area contributed by atoms with E-state index in [9.17, 15) is 4.79 Å². The van der Waals surface area contributed by atoms with Crippen LogP contribution in [-0.2, 0) is 18.0 Å². The van der Waals surface area contributed by atoms with Gasteiger partial charge in [0.25, 0.3) is 0 Å². The molecule has 0 radical (unpaired) electrons. The van der Waals surface area contributed by atoms with Gasteiger partial charge in [0.05, 0.1) is 25.9 Å². The Morgan fingerprint density at radius 2 is 1.65 bits per heavy atom. The maximum atomic E-state index is 11.6. The van der Waals surface area contributed by atoms with Gasteiger partial charge >= 0.3 is 6.03 Å². The Morgan fingerprint density at radius 3 is 2.26 bits per heavy atom. The molecule has 122 valence electrons. The van der Waals surface area contributed by atoms with Gasteiger partial charge in [-0.05, 0) is 30.2 Å². The van der Waals surface area contributed by atoms with Crippen molar-refractivity contribution in [3.8, 4) is 0 Å². The minimum absolute atomic E-state index is 0.0922. The fourth-order valence-corrected chi connectivity index (χ4v) is 1.98. The van der Waals surface area contributed by atoms with E-state index in [1.165, 1.54) is 0 Å². The summed E-state index contributed by atoms with van der Waals surface area (Å²) in [5, 5.41) is 14.2. The molecule has 0 heterocycles. The minimum Gasteiger partial charge on any atom is -0.394 e. The van der Waals surface area contributed by atoms with Gasteiger partial charge in [0.2, 0.25) is 0 Å². The number of aliphatic hydroxyl groups is 1. The Bertz CT molecular complexity index is 599. The second-order valence-electron chi connectivity index (χ2n) is 5.36. The average molecular weight is 314 g/mol. The first-order chi connectivity index (χ1) is 11.2. The lowest BCUT2D eigenvalue weighted by atomic mass is 10.2. The molecule has 0 aliphatic carbocycles. The quantitative estimate of drug-likeness (QED) is 0.736. The van der Waals surface area contributed by atoms with E-state index in [2.05, 4.69) is 10.6 Å². The van der Waals surface area contributed by atoms with Gasteiger partial charge in [-0.3, -0.25) is 0 Å². The molecule has 23 heavy (non-hydrogen) atoms. The molecule has 0 aromatic heterocycles. The number of hydrogen-bond donors (Lipinski definition) is 3. The number of rotatable bonds is 7. The number of urea groups is 1. The van der Waals surface area contributed by atoms with E-state index >= 15 is 0 Å². The van der Waals surface area contributed by atoms with Crippen LogP contribution in [0.3, 0.4) is 0 Å². The van der Waals surface area contributed by atoms with Crippen molar-refractivity contribution >= 4 is 11.7 Å². The maximum absolute atomic E-state index is 11.6. The topological polar surface area (TPSA) is 70.6 Å². The highest BCUT2D eigenvalue weighted by molar-refractivity contribution is 5.89. The summed E-state index contributed by atoms with van der Waals surface area (Å²) < 4.78 is 5.67. The van der Waals surface area contributed by atoms with Crippen molar-refractivity contribution in [1.29, 1.82) is 0 Å². The molecule has 5 nitrogen and oxygen atoms in total. The van der Waals surface area contributed by atoms with Crippen LogP contribution in [-0.4, -0.2) is 23.8 Å². The second-order valence-corrected chi connectivity index (χ2v) is 5.36. The second kappa shape index (κ2) is 8.92. The average Bonchev–Trinajstić information content (AvgIpc) is 2.57. The molecule has 2 aromatic rings. The van der Waals surface area contributed by atoms with Crippen LogP contribution in [0.1, 0.15) is 18.1 Å². The summed E-state index contributed by atoms with van der Waals surface area (Å²) in [7, 11) is 0. The van der Waals surface area contributed by atoms with E-state index < -0.39 is 0 Å². The van der Waals surface area contributed by atoms with Crippen LogP contribution in [0.5, 0.6) is 0 Å². The van der Waals surface area contributed by atoms with Crippen molar-refractivity contribution in [2.75, 3.05) is 11.9 Å². The van der Waals surface area contributed by atoms with Gasteiger partial charge in [-0.25, -0.2) is 4.79 Å². The van der Waals surface area contributed by atoms with E-state index in [0.717, 1.165) is 11.1 Å². The van der Waals surface area contributed by atoms with Crippen LogP contribution in [0.2, 0.25) is 0 Å². The molecular weight excluding hydrogens is 292 g/mol. The Labute approximate surface area is 136 Å². The van der Waals surface area contributed by atoms with Gasteiger partial charge in [0.15, 0.2) is 0 Å². The van der Waals surface area contributed by atoms with Gasteiger partial charge < -0.3 is 20.5 Å². The van der Waals surface area contributed by atoms with Crippen LogP contribution in [0.15, 0.2) is 54.6 Å². The van der Waals surface area contributed by atoms with Crippen LogP contribution < -0.4 is 10.6 Å². The molecule has 3 N–H and O–H groups in total. The lowest BCUT2D eigenvalue weighted by molar-refractivity contribution is 0.107. The molecule has 2 aromatic carbocycles. The summed E-state index contributed by atoms with van der Waals surface area (Å²) >= 11 is 0. The highest BCUT2D eigenvalue weighted by atomic mass is 16.5. The predicted octanol–water partition coefficient (Wildman–Crippen LogP) is 2.91. The Hall–Kier alpha value is -2.37. The number of hydrogen-bond acceptors (Lipinski definition) is 3. The third-order valence-electron chi connectivity index (χ3n) is 3.24. The number of ether oxygens (including phenoxy) is 1. The first kappa shape index (κ1) is 17.0. The molecule has 0 aliphatic heterocycles. The van der Waals surface area contributed by atoms with E-state index in [1.807, 2.05) is 54.6 Å². The summed E-state index contributed by atoms with van der Waals surface area (Å²) in [6, 6.07) is 16.9. The van der Waals surface area contributed by atoms with E-state index in [1.54, 1.807) is 6.92 Å². The zero-order valence-corrected chi connectivity index (χ0v) is 13.2. The van der Waals surface area contributed by atoms with Crippen LogP contribution in [0.4, 0.5) is 10.5 Å². The fraction of sp³-hybridized carbons (Fsp3) is 0.278. The van der Waals surface area contributed by atoms with Crippen LogP contribution in [0, 0.1) is 0 Å². The number of benzene rings is 2. The molecule has 5 heteroatoms. The molecule has 0 aliphatic rings. The predicted molar refractivity (Wildman–Crippen MR) is 90.1 cm³/mol. The lowest BCUT2D eigenvalue weighted by Crippen LogP contribution is -2.38. The molecule has 2 amide bonds. The standard InChI is InChI=1S/C18H22N2O3/c1-14(11-21)19-18(22)20-17-9-7-16(8-10-17)13-23-12-15-5-3-2-4-6-15/h2-10,14,21H,11-13H2,1H3,(H2,19,20,22). The molecule has 0 saturated carbocycles. The zero-order valence-electron chi connectivity index (χ0n) is 13.2. The van der Waals surface area contributed by atoms with E-state index in [-0.39, 0.29) is 18.7 Å². The van der Waals surface area contributed by atoms with Crippen molar-refractivity contribution < 1.29 is 14.6 Å². The highest BCUT2D eigenvalue weighted by Crippen LogP contribution is 2.11. The lowest BCUT2D eigenvalue weighted by Gasteiger charge is -2.12. The van der Waals surface area contributed by atoms with Crippen molar-refractivity contribution in [2.24, 2.45) is 0 Å². The van der Waals surface area contributed by atoms with Gasteiger partial charge in [0.1, 0.15) is 0 Å². The highest BCUT2D eigenvalue weighted by Gasteiger charge is 2.05. The SMILES string of the molecule is CC(CO)NC(=O)Nc1ccc(COCc2ccccc2)cc1. The molecule has 0 bridgehead atoms. The Balaban J connectivity index is 1.77. The number of carbonyl (C=O) groups is 1. The Kier molecular flexibility index (Phi) is 6.59. The number of anilines is 1. The minimum atomic E-state index is -0.334. The molecule has 0 spiro atoms. The Morgan fingerprint density at radius 1 is 1.04 bits per heavy atom. The smallest absolute Gasteiger partial charge is 0.319 e. The summed E-state index contributed by atoms with van der Waals surface area (Å²) in [6.07, 6.45) is 0. The molecule has 0 fully saturated rings. The van der Waals surface area contributed by atoms with Crippen molar-refractivity contribution in [3.05, 3.63) is 65.7 Å². The van der Waals surface area contributed by atoms with E-state index in [4.69, 9.17) is 9.84 Å².